The smallest absolute Gasteiger partial charge is 0.193 e. The van der Waals surface area contributed by atoms with Crippen LogP contribution in [0, 0.1) is 6.92 Å². The van der Waals surface area contributed by atoms with Crippen molar-refractivity contribution in [1.29, 1.82) is 0 Å². The lowest BCUT2D eigenvalue weighted by atomic mass is 9.95. The Kier molecular flexibility index (Phi) is 6.35. The van der Waals surface area contributed by atoms with Crippen LogP contribution in [0.2, 0.25) is 0 Å². The van der Waals surface area contributed by atoms with Crippen LogP contribution in [-0.4, -0.2) is 51.8 Å². The number of aryl methyl sites for hydroxylation is 1. The topological polar surface area (TPSA) is 73.4 Å². The maximum absolute atomic E-state index is 12.9. The number of carbonyl (C=O) groups excluding carboxylic acids is 2. The molecule has 0 spiro atoms. The van der Waals surface area contributed by atoms with E-state index in [-0.39, 0.29) is 23.7 Å². The van der Waals surface area contributed by atoms with Gasteiger partial charge in [-0.05, 0) is 51.6 Å². The van der Waals surface area contributed by atoms with E-state index in [4.69, 9.17) is 0 Å². The van der Waals surface area contributed by atoms with Crippen LogP contribution in [0.5, 0.6) is 0 Å². The fourth-order valence-corrected chi connectivity index (χ4v) is 3.93. The molecule has 0 aromatic carbocycles. The summed E-state index contributed by atoms with van der Waals surface area (Å²) in [6.07, 6.45) is 4.06. The highest BCUT2D eigenvalue weighted by molar-refractivity contribution is 6.04. The predicted molar refractivity (Wildman–Crippen MR) is 94.8 cm³/mol. The van der Waals surface area contributed by atoms with E-state index in [0.29, 0.717) is 30.6 Å². The summed E-state index contributed by atoms with van der Waals surface area (Å²) < 4.78 is 0. The van der Waals surface area contributed by atoms with Gasteiger partial charge in [-0.3, -0.25) is 14.5 Å². The quantitative estimate of drug-likeness (QED) is 0.752. The lowest BCUT2D eigenvalue weighted by Gasteiger charge is -2.37. The van der Waals surface area contributed by atoms with Crippen molar-refractivity contribution in [2.45, 2.75) is 71.9 Å². The Hall–Kier alpha value is -1.46. The number of hydrogen-bond donors (Lipinski definition) is 2. The van der Waals surface area contributed by atoms with Gasteiger partial charge in [0.2, 0.25) is 0 Å². The van der Waals surface area contributed by atoms with Gasteiger partial charge in [-0.1, -0.05) is 20.3 Å². The number of ketones is 2. The average Bonchev–Trinajstić information content (AvgIpc) is 2.91. The molecule has 24 heavy (non-hydrogen) atoms. The Bertz CT molecular complexity index is 606. The first-order valence-electron chi connectivity index (χ1n) is 9.08. The van der Waals surface area contributed by atoms with Crippen molar-refractivity contribution in [2.24, 2.45) is 0 Å². The highest BCUT2D eigenvalue weighted by atomic mass is 16.3. The summed E-state index contributed by atoms with van der Waals surface area (Å²) in [5.41, 5.74) is 2.82. The second kappa shape index (κ2) is 8.08. The molecule has 5 heteroatoms. The normalized spacial score (nSPS) is 20.1. The number of piperidine rings is 1. The molecule has 2 atom stereocenters. The molecule has 0 radical (unpaired) electrons. The van der Waals surface area contributed by atoms with Crippen LogP contribution in [0.3, 0.4) is 0 Å². The van der Waals surface area contributed by atoms with E-state index in [1.807, 2.05) is 20.8 Å². The molecule has 0 amide bonds. The minimum Gasteiger partial charge on any atom is -0.392 e. The molecule has 1 fully saturated rings. The van der Waals surface area contributed by atoms with Crippen LogP contribution >= 0.6 is 0 Å². The highest BCUT2D eigenvalue weighted by Crippen LogP contribution is 2.24. The van der Waals surface area contributed by atoms with Crippen LogP contribution in [-0.2, 0) is 6.42 Å². The Morgan fingerprint density at radius 3 is 2.62 bits per heavy atom. The van der Waals surface area contributed by atoms with Gasteiger partial charge < -0.3 is 10.1 Å². The minimum atomic E-state index is -0.387. The summed E-state index contributed by atoms with van der Waals surface area (Å²) in [5.74, 6) is 0.00885. The summed E-state index contributed by atoms with van der Waals surface area (Å²) in [5, 5.41) is 10.3. The second-order valence-corrected chi connectivity index (χ2v) is 6.82. The number of nitrogens with one attached hydrogen (secondary N) is 1. The van der Waals surface area contributed by atoms with Crippen molar-refractivity contribution in [3.63, 3.8) is 0 Å². The van der Waals surface area contributed by atoms with Crippen molar-refractivity contribution in [2.75, 3.05) is 13.1 Å². The molecule has 0 bridgehead atoms. The molecule has 134 valence electrons. The average molecular weight is 334 g/mol. The Balaban J connectivity index is 2.23. The van der Waals surface area contributed by atoms with Gasteiger partial charge in [0.05, 0.1) is 18.3 Å². The number of carbonyl (C=O) groups is 2. The number of rotatable bonds is 7. The maximum Gasteiger partial charge on any atom is 0.193 e. The zero-order valence-electron chi connectivity index (χ0n) is 15.3. The lowest BCUT2D eigenvalue weighted by molar-refractivity contribution is 0.0246. The molecular weight excluding hydrogens is 304 g/mol. The summed E-state index contributed by atoms with van der Waals surface area (Å²) in [6.45, 7) is 8.47. The Morgan fingerprint density at radius 2 is 2.04 bits per heavy atom. The largest absolute Gasteiger partial charge is 0.392 e. The van der Waals surface area contributed by atoms with Crippen molar-refractivity contribution < 1.29 is 14.7 Å². The van der Waals surface area contributed by atoms with E-state index in [9.17, 15) is 14.7 Å². The highest BCUT2D eigenvalue weighted by Gasteiger charge is 2.30. The van der Waals surface area contributed by atoms with E-state index in [1.165, 1.54) is 0 Å². The minimum absolute atomic E-state index is 0.00287. The zero-order valence-corrected chi connectivity index (χ0v) is 15.3. The molecule has 2 N–H and O–H groups in total. The Labute approximate surface area is 144 Å². The Morgan fingerprint density at radius 1 is 1.33 bits per heavy atom. The molecule has 1 aliphatic heterocycles. The number of hydrogen-bond acceptors (Lipinski definition) is 4. The zero-order chi connectivity index (χ0) is 17.9. The number of Topliss-reactive ketones (excluding diaryl/α,β-unsaturated/α-hetero) is 2. The third kappa shape index (κ3) is 3.78. The SMILES string of the molecule is CCc1c(C(=O)CN2CCCCC2C(O)CC)[nH]c(C)c1C(C)=O. The van der Waals surface area contributed by atoms with Crippen LogP contribution < -0.4 is 0 Å². The first-order chi connectivity index (χ1) is 11.4. The van der Waals surface area contributed by atoms with Gasteiger partial charge in [0.15, 0.2) is 11.6 Å². The number of nitrogens with zero attached hydrogens (tertiary/aromatic N) is 1. The molecule has 2 unspecified atom stereocenters. The van der Waals surface area contributed by atoms with Crippen LogP contribution in [0.1, 0.15) is 78.6 Å². The van der Waals surface area contributed by atoms with Crippen molar-refractivity contribution in [3.05, 3.63) is 22.5 Å². The van der Waals surface area contributed by atoms with E-state index in [1.54, 1.807) is 6.92 Å². The molecule has 2 rings (SSSR count). The van der Waals surface area contributed by atoms with Gasteiger partial charge in [-0.2, -0.15) is 0 Å². The molecule has 0 aliphatic carbocycles. The molecule has 1 saturated heterocycles. The van der Waals surface area contributed by atoms with Gasteiger partial charge in [0, 0.05) is 17.3 Å². The monoisotopic (exact) mass is 334 g/mol. The molecule has 2 heterocycles. The summed E-state index contributed by atoms with van der Waals surface area (Å²) in [4.78, 5) is 30.0. The fraction of sp³-hybridized carbons (Fsp3) is 0.684. The van der Waals surface area contributed by atoms with Crippen molar-refractivity contribution in [1.82, 2.24) is 9.88 Å². The molecule has 1 aromatic rings. The fourth-order valence-electron chi connectivity index (χ4n) is 3.93. The number of likely N-dealkylation sites (tertiary alicyclic amines) is 1. The van der Waals surface area contributed by atoms with E-state index >= 15 is 0 Å². The number of aromatic nitrogens is 1. The van der Waals surface area contributed by atoms with E-state index in [0.717, 1.165) is 37.1 Å². The maximum atomic E-state index is 12.9. The van der Waals surface area contributed by atoms with Crippen molar-refractivity contribution in [3.8, 4) is 0 Å². The summed E-state index contributed by atoms with van der Waals surface area (Å²) in [7, 11) is 0. The number of aliphatic hydroxyl groups excluding tert-OH is 1. The molecule has 0 saturated carbocycles. The van der Waals surface area contributed by atoms with E-state index in [2.05, 4.69) is 9.88 Å². The summed E-state index contributed by atoms with van der Waals surface area (Å²) >= 11 is 0. The van der Waals surface area contributed by atoms with Gasteiger partial charge in [0.25, 0.3) is 0 Å². The van der Waals surface area contributed by atoms with E-state index < -0.39 is 0 Å². The van der Waals surface area contributed by atoms with Crippen LogP contribution in [0.4, 0.5) is 0 Å². The number of aliphatic hydroxyl groups is 1. The second-order valence-electron chi connectivity index (χ2n) is 6.82. The molecule has 5 nitrogen and oxygen atoms in total. The third-order valence-corrected chi connectivity index (χ3v) is 5.15. The molecular formula is C19H30N2O3. The lowest BCUT2D eigenvalue weighted by Crippen LogP contribution is -2.48. The summed E-state index contributed by atoms with van der Waals surface area (Å²) in [6, 6.07) is 0.0566. The van der Waals surface area contributed by atoms with Gasteiger partial charge in [-0.25, -0.2) is 0 Å². The van der Waals surface area contributed by atoms with Crippen LogP contribution in [0.15, 0.2) is 0 Å². The molecule has 1 aliphatic rings. The predicted octanol–water partition coefficient (Wildman–Crippen LogP) is 2.90. The number of H-pyrrole nitrogens is 1. The first-order valence-corrected chi connectivity index (χ1v) is 9.08. The van der Waals surface area contributed by atoms with Crippen molar-refractivity contribution >= 4 is 11.6 Å². The standard InChI is InChI=1S/C19H30N2O3/c1-5-14-18(13(4)22)12(3)20-19(14)17(24)11-21-10-8-7-9-15(21)16(23)6-2/h15-16,20,23H,5-11H2,1-4H3. The number of aromatic amines is 1. The van der Waals surface area contributed by atoms with Crippen LogP contribution in [0.25, 0.3) is 0 Å². The molecule has 1 aromatic heterocycles. The third-order valence-electron chi connectivity index (χ3n) is 5.15. The van der Waals surface area contributed by atoms with Gasteiger partial charge in [0.1, 0.15) is 0 Å². The van der Waals surface area contributed by atoms with Gasteiger partial charge >= 0.3 is 0 Å². The van der Waals surface area contributed by atoms with Gasteiger partial charge in [-0.15, -0.1) is 0 Å². The first kappa shape index (κ1) is 18.9.